The van der Waals surface area contributed by atoms with Gasteiger partial charge in [0.15, 0.2) is 18.3 Å². The zero-order valence-electron chi connectivity index (χ0n) is 38.9. The summed E-state index contributed by atoms with van der Waals surface area (Å²) in [6.07, 6.45) is -4.32. The number of nitrogens with zero attached hydrogens (tertiary/aromatic N) is 3. The highest BCUT2D eigenvalue weighted by molar-refractivity contribution is 5.92. The number of anilines is 1. The molecule has 1 saturated heterocycles. The second-order valence-electron chi connectivity index (χ2n) is 17.6. The van der Waals surface area contributed by atoms with Crippen LogP contribution in [0.2, 0.25) is 0 Å². The van der Waals surface area contributed by atoms with Crippen LogP contribution < -0.4 is 10.2 Å². The zero-order chi connectivity index (χ0) is 47.0. The van der Waals surface area contributed by atoms with Gasteiger partial charge in [-0.2, -0.15) is 0 Å². The van der Waals surface area contributed by atoms with Gasteiger partial charge >= 0.3 is 23.9 Å². The van der Waals surface area contributed by atoms with Gasteiger partial charge < -0.3 is 43.7 Å². The molecule has 16 heteroatoms. The second kappa shape index (κ2) is 24.7. The van der Waals surface area contributed by atoms with Gasteiger partial charge in [-0.3, -0.25) is 14.4 Å². The maximum Gasteiger partial charge on any atom is 0.347 e. The van der Waals surface area contributed by atoms with Gasteiger partial charge in [-0.1, -0.05) is 70.2 Å². The van der Waals surface area contributed by atoms with Crippen molar-refractivity contribution in [2.45, 2.75) is 130 Å². The minimum Gasteiger partial charge on any atom is -0.458 e. The van der Waals surface area contributed by atoms with Gasteiger partial charge in [-0.25, -0.2) is 18.8 Å². The minimum absolute atomic E-state index is 0.0314. The lowest BCUT2D eigenvalue weighted by Crippen LogP contribution is -2.53. The number of hydrogen-bond acceptors (Lipinski definition) is 13. The number of halogens is 1. The van der Waals surface area contributed by atoms with Crippen LogP contribution in [-0.4, -0.2) is 135 Å². The van der Waals surface area contributed by atoms with Crippen LogP contribution in [0.25, 0.3) is 0 Å². The third-order valence-electron chi connectivity index (χ3n) is 10.6. The molecule has 2 aromatic carbocycles. The summed E-state index contributed by atoms with van der Waals surface area (Å²) in [6.45, 7) is 15.3. The summed E-state index contributed by atoms with van der Waals surface area (Å²) in [5, 5.41) is 2.89. The van der Waals surface area contributed by atoms with Gasteiger partial charge in [0.1, 0.15) is 30.4 Å². The van der Waals surface area contributed by atoms with Gasteiger partial charge in [-0.05, 0) is 82.7 Å². The topological polar surface area (TPSA) is 170 Å². The number of morpholine rings is 1. The van der Waals surface area contributed by atoms with Crippen LogP contribution in [0.15, 0.2) is 54.6 Å². The molecule has 1 N–H and O–H groups in total. The van der Waals surface area contributed by atoms with E-state index >= 15 is 4.39 Å². The number of benzene rings is 2. The van der Waals surface area contributed by atoms with Gasteiger partial charge in [-0.15, -0.1) is 0 Å². The average molecular weight is 885 g/mol. The van der Waals surface area contributed by atoms with E-state index in [0.29, 0.717) is 38.3 Å². The molecule has 15 nitrogen and oxygen atoms in total. The second-order valence-corrected chi connectivity index (χ2v) is 17.6. The maximum absolute atomic E-state index is 15.5. The van der Waals surface area contributed by atoms with Gasteiger partial charge in [0.05, 0.1) is 13.2 Å². The summed E-state index contributed by atoms with van der Waals surface area (Å²) in [5.41, 5.74) is 0.288. The van der Waals surface area contributed by atoms with Crippen molar-refractivity contribution in [2.75, 3.05) is 52.3 Å². The van der Waals surface area contributed by atoms with Gasteiger partial charge in [0, 0.05) is 45.7 Å². The van der Waals surface area contributed by atoms with E-state index in [1.54, 1.807) is 43.4 Å². The highest BCUT2D eigenvalue weighted by atomic mass is 19.1. The van der Waals surface area contributed by atoms with E-state index in [1.807, 2.05) is 45.9 Å². The van der Waals surface area contributed by atoms with Crippen LogP contribution in [0.3, 0.4) is 0 Å². The largest absolute Gasteiger partial charge is 0.458 e. The third-order valence-corrected chi connectivity index (χ3v) is 10.6. The Balaban J connectivity index is 1.93. The number of nitrogens with one attached hydrogen (secondary N) is 1. The Morgan fingerprint density at radius 3 is 1.83 bits per heavy atom. The van der Waals surface area contributed by atoms with E-state index in [0.717, 1.165) is 21.1 Å². The fourth-order valence-corrected chi connectivity index (χ4v) is 7.05. The van der Waals surface area contributed by atoms with Crippen LogP contribution in [-0.2, 0) is 65.5 Å². The molecule has 0 bridgehead atoms. The molecule has 1 aliphatic rings. The van der Waals surface area contributed by atoms with E-state index in [-0.39, 0.29) is 31.3 Å². The first-order valence-electron chi connectivity index (χ1n) is 21.7. The standard InChI is InChI=1S/C47H69FN4O11/c1-30(2)25-37(49-9)44(56)61-32(5)41(53)51(11)39(28-47(7,8)48)46(58)63-40(27-34-17-19-36(20-18-34)52-21-23-59-24-22-52)42(54)50(10)38(26-31(3)4)45(57)62-33(6)43(55)60-29-35-15-13-12-14-16-35/h12-20,30-33,37-40,49H,21-29H2,1-11H3/t32-,33-,37+,38+,39+,40-/m1/s1. The van der Waals surface area contributed by atoms with Crippen LogP contribution in [0, 0.1) is 11.8 Å². The summed E-state index contributed by atoms with van der Waals surface area (Å²) < 4.78 is 43.4. The summed E-state index contributed by atoms with van der Waals surface area (Å²) in [4.78, 5) is 86.6. The van der Waals surface area contributed by atoms with Crippen molar-refractivity contribution in [1.29, 1.82) is 0 Å². The van der Waals surface area contributed by atoms with Crippen molar-refractivity contribution in [3.63, 3.8) is 0 Å². The molecule has 2 aromatic rings. The van der Waals surface area contributed by atoms with Crippen molar-refractivity contribution in [2.24, 2.45) is 11.8 Å². The lowest BCUT2D eigenvalue weighted by molar-refractivity contribution is -0.175. The first kappa shape index (κ1) is 52.3. The van der Waals surface area contributed by atoms with E-state index in [4.69, 9.17) is 23.7 Å². The van der Waals surface area contributed by atoms with Crippen LogP contribution in [0.5, 0.6) is 0 Å². The quantitative estimate of drug-likeness (QED) is 0.116. The first-order valence-corrected chi connectivity index (χ1v) is 21.7. The third kappa shape index (κ3) is 16.9. The Bertz CT molecular complexity index is 1800. The number of ether oxygens (including phenoxy) is 5. The Morgan fingerprint density at radius 1 is 0.714 bits per heavy atom. The molecule has 0 spiro atoms. The summed E-state index contributed by atoms with van der Waals surface area (Å²) in [7, 11) is 4.26. The Morgan fingerprint density at radius 2 is 1.27 bits per heavy atom. The van der Waals surface area contributed by atoms with Gasteiger partial charge in [0.25, 0.3) is 11.8 Å². The molecule has 1 heterocycles. The van der Waals surface area contributed by atoms with E-state index in [2.05, 4.69) is 10.2 Å². The molecule has 0 saturated carbocycles. The minimum atomic E-state index is -2.00. The molecular formula is C47H69FN4O11. The Hall–Kier alpha value is -5.09. The predicted molar refractivity (Wildman–Crippen MR) is 235 cm³/mol. The number of amides is 2. The molecule has 1 aliphatic heterocycles. The number of esters is 4. The van der Waals surface area contributed by atoms with Gasteiger partial charge in [0.2, 0.25) is 0 Å². The molecule has 3 rings (SSSR count). The normalized spacial score (nSPS) is 15.9. The maximum atomic E-state index is 15.5. The summed E-state index contributed by atoms with van der Waals surface area (Å²) in [6, 6.07) is 12.9. The monoisotopic (exact) mass is 884 g/mol. The fraction of sp³-hybridized carbons (Fsp3) is 0.617. The highest BCUT2D eigenvalue weighted by Crippen LogP contribution is 2.25. The van der Waals surface area contributed by atoms with Crippen molar-refractivity contribution in [3.05, 3.63) is 65.7 Å². The Labute approximate surface area is 372 Å². The van der Waals surface area contributed by atoms with E-state index < -0.39 is 84.2 Å². The summed E-state index contributed by atoms with van der Waals surface area (Å²) in [5.74, 6) is -4.95. The van der Waals surface area contributed by atoms with Crippen LogP contribution in [0.1, 0.15) is 85.8 Å². The summed E-state index contributed by atoms with van der Waals surface area (Å²) >= 11 is 0. The first-order chi connectivity index (χ1) is 29.6. The number of alkyl halides is 1. The predicted octanol–water partition coefficient (Wildman–Crippen LogP) is 5.06. The molecule has 350 valence electrons. The van der Waals surface area contributed by atoms with Crippen molar-refractivity contribution >= 4 is 41.4 Å². The van der Waals surface area contributed by atoms with E-state index in [1.165, 1.54) is 41.8 Å². The number of likely N-dealkylation sites (N-methyl/N-ethyl adjacent to an activating group) is 3. The number of carbonyl (C=O) groups excluding carboxylic acids is 6. The number of rotatable bonds is 23. The molecule has 0 radical (unpaired) electrons. The Kier molecular flexibility index (Phi) is 20.5. The molecular weight excluding hydrogens is 816 g/mol. The zero-order valence-corrected chi connectivity index (χ0v) is 38.9. The number of hydrogen-bond donors (Lipinski definition) is 1. The van der Waals surface area contributed by atoms with Crippen molar-refractivity contribution < 1.29 is 56.8 Å². The fourth-order valence-electron chi connectivity index (χ4n) is 7.05. The highest BCUT2D eigenvalue weighted by Gasteiger charge is 2.41. The smallest absolute Gasteiger partial charge is 0.347 e. The van der Waals surface area contributed by atoms with Crippen LogP contribution in [0.4, 0.5) is 10.1 Å². The van der Waals surface area contributed by atoms with E-state index in [9.17, 15) is 28.8 Å². The molecule has 6 atom stereocenters. The molecule has 63 heavy (non-hydrogen) atoms. The van der Waals surface area contributed by atoms with Crippen molar-refractivity contribution in [1.82, 2.24) is 15.1 Å². The lowest BCUT2D eigenvalue weighted by Gasteiger charge is -2.34. The average Bonchev–Trinajstić information content (AvgIpc) is 3.24. The molecule has 0 aromatic heterocycles. The van der Waals surface area contributed by atoms with Crippen LogP contribution >= 0.6 is 0 Å². The molecule has 0 unspecified atom stereocenters. The molecule has 0 aliphatic carbocycles. The lowest BCUT2D eigenvalue weighted by atomic mass is 9.98. The van der Waals surface area contributed by atoms with Crippen molar-refractivity contribution in [3.8, 4) is 0 Å². The SMILES string of the molecule is CN[C@@H](CC(C)C)C(=O)O[C@H](C)C(=O)N(C)[C@@H](CC(C)(C)F)C(=O)O[C@H](Cc1ccc(N2CCOCC2)cc1)C(=O)N(C)[C@@H](CC(C)C)C(=O)O[C@H](C)C(=O)OCc1ccccc1. The molecule has 2 amide bonds. The molecule has 1 fully saturated rings. The number of carbonyl (C=O) groups is 6.